The van der Waals surface area contributed by atoms with Gasteiger partial charge in [0.05, 0.1) is 5.25 Å². The van der Waals surface area contributed by atoms with Crippen molar-refractivity contribution >= 4 is 29.1 Å². The highest BCUT2D eigenvalue weighted by molar-refractivity contribution is 8.00. The van der Waals surface area contributed by atoms with Crippen LogP contribution in [0.15, 0.2) is 84.0 Å². The number of anilines is 1. The SMILES string of the molecule is CC(=O)c1ccc(NC(=O)[C@H](C)Sc2nnc(COc3ccc(C)cc3)n2-c2ccccc2)cc1. The maximum Gasteiger partial charge on any atom is 0.237 e. The van der Waals surface area contributed by atoms with E-state index in [1.165, 1.54) is 18.7 Å². The van der Waals surface area contributed by atoms with Crippen LogP contribution in [0.4, 0.5) is 5.69 Å². The maximum absolute atomic E-state index is 12.8. The fraction of sp³-hybridized carbons (Fsp3) is 0.185. The molecule has 0 radical (unpaired) electrons. The Balaban J connectivity index is 1.50. The second-order valence-corrected chi connectivity index (χ2v) is 9.36. The molecule has 0 spiro atoms. The Morgan fingerprint density at radius 2 is 1.66 bits per heavy atom. The van der Waals surface area contributed by atoms with Crippen LogP contribution < -0.4 is 10.1 Å². The molecule has 0 aliphatic carbocycles. The first-order valence-electron chi connectivity index (χ1n) is 11.2. The highest BCUT2D eigenvalue weighted by Gasteiger charge is 2.21. The second kappa shape index (κ2) is 11.0. The van der Waals surface area contributed by atoms with Gasteiger partial charge in [0.15, 0.2) is 16.8 Å². The van der Waals surface area contributed by atoms with Gasteiger partial charge in [-0.3, -0.25) is 14.2 Å². The second-order valence-electron chi connectivity index (χ2n) is 8.05. The fourth-order valence-corrected chi connectivity index (χ4v) is 4.22. The van der Waals surface area contributed by atoms with Crippen molar-refractivity contribution in [3.63, 3.8) is 0 Å². The minimum absolute atomic E-state index is 0.0192. The van der Waals surface area contributed by atoms with Crippen LogP contribution in [0.3, 0.4) is 0 Å². The van der Waals surface area contributed by atoms with Crippen LogP contribution in [-0.2, 0) is 11.4 Å². The molecular weight excluding hydrogens is 460 g/mol. The summed E-state index contributed by atoms with van der Waals surface area (Å²) in [6.45, 7) is 5.58. The molecule has 1 aromatic heterocycles. The minimum atomic E-state index is -0.444. The third-order valence-electron chi connectivity index (χ3n) is 5.31. The summed E-state index contributed by atoms with van der Waals surface area (Å²) in [7, 11) is 0. The molecule has 1 heterocycles. The van der Waals surface area contributed by atoms with Gasteiger partial charge in [0, 0.05) is 16.9 Å². The van der Waals surface area contributed by atoms with Crippen molar-refractivity contribution in [1.29, 1.82) is 0 Å². The summed E-state index contributed by atoms with van der Waals surface area (Å²) >= 11 is 1.31. The summed E-state index contributed by atoms with van der Waals surface area (Å²) in [6.07, 6.45) is 0. The predicted octanol–water partition coefficient (Wildman–Crippen LogP) is 5.48. The molecule has 8 heteroatoms. The molecule has 35 heavy (non-hydrogen) atoms. The number of rotatable bonds is 9. The van der Waals surface area contributed by atoms with E-state index in [0.29, 0.717) is 22.2 Å². The van der Waals surface area contributed by atoms with E-state index in [1.54, 1.807) is 24.3 Å². The van der Waals surface area contributed by atoms with E-state index >= 15 is 0 Å². The van der Waals surface area contributed by atoms with Crippen molar-refractivity contribution in [3.8, 4) is 11.4 Å². The van der Waals surface area contributed by atoms with Gasteiger partial charge >= 0.3 is 0 Å². The number of ketones is 1. The highest BCUT2D eigenvalue weighted by Crippen LogP contribution is 2.27. The van der Waals surface area contributed by atoms with Crippen LogP contribution in [0.1, 0.15) is 35.6 Å². The summed E-state index contributed by atoms with van der Waals surface area (Å²) in [5, 5.41) is 11.7. The average Bonchev–Trinajstić information content (AvgIpc) is 3.26. The summed E-state index contributed by atoms with van der Waals surface area (Å²) < 4.78 is 7.85. The quantitative estimate of drug-likeness (QED) is 0.249. The number of amides is 1. The largest absolute Gasteiger partial charge is 0.486 e. The number of nitrogens with zero attached hydrogens (tertiary/aromatic N) is 3. The number of carbonyl (C=O) groups excluding carboxylic acids is 2. The van der Waals surface area contributed by atoms with Gasteiger partial charge in [-0.2, -0.15) is 0 Å². The number of hydrogen-bond donors (Lipinski definition) is 1. The zero-order chi connectivity index (χ0) is 24.8. The molecule has 0 aliphatic heterocycles. The number of para-hydroxylation sites is 1. The molecule has 7 nitrogen and oxygen atoms in total. The van der Waals surface area contributed by atoms with Crippen LogP contribution in [0.2, 0.25) is 0 Å². The van der Waals surface area contributed by atoms with E-state index in [1.807, 2.05) is 73.0 Å². The molecule has 3 aromatic carbocycles. The minimum Gasteiger partial charge on any atom is -0.486 e. The topological polar surface area (TPSA) is 86.1 Å². The van der Waals surface area contributed by atoms with Crippen LogP contribution in [0, 0.1) is 6.92 Å². The number of hydrogen-bond acceptors (Lipinski definition) is 6. The van der Waals surface area contributed by atoms with Gasteiger partial charge < -0.3 is 10.1 Å². The van der Waals surface area contributed by atoms with E-state index in [-0.39, 0.29) is 18.3 Å². The Bertz CT molecular complexity index is 1300. The summed E-state index contributed by atoms with van der Waals surface area (Å²) in [5.74, 6) is 1.18. The lowest BCUT2D eigenvalue weighted by atomic mass is 10.1. The van der Waals surface area contributed by atoms with Gasteiger partial charge in [-0.05, 0) is 69.3 Å². The van der Waals surface area contributed by atoms with E-state index in [2.05, 4.69) is 15.5 Å². The molecule has 0 unspecified atom stereocenters. The zero-order valence-electron chi connectivity index (χ0n) is 19.8. The number of aromatic nitrogens is 3. The monoisotopic (exact) mass is 486 g/mol. The lowest BCUT2D eigenvalue weighted by molar-refractivity contribution is -0.115. The molecule has 0 aliphatic rings. The first kappa shape index (κ1) is 24.2. The Kier molecular flexibility index (Phi) is 7.62. The lowest BCUT2D eigenvalue weighted by Crippen LogP contribution is -2.23. The van der Waals surface area contributed by atoms with Crippen molar-refractivity contribution in [2.45, 2.75) is 37.8 Å². The number of aryl methyl sites for hydroxylation is 1. The van der Waals surface area contributed by atoms with Crippen LogP contribution in [0.5, 0.6) is 5.75 Å². The third-order valence-corrected chi connectivity index (χ3v) is 6.36. The Morgan fingerprint density at radius 3 is 2.31 bits per heavy atom. The maximum atomic E-state index is 12.8. The summed E-state index contributed by atoms with van der Waals surface area (Å²) in [4.78, 5) is 24.3. The van der Waals surface area contributed by atoms with E-state index in [9.17, 15) is 9.59 Å². The standard InChI is InChI=1S/C27H26N4O3S/c1-18-9-15-24(16-10-18)34-17-25-29-30-27(31(25)23-7-5-4-6-8-23)35-20(3)26(33)28-22-13-11-21(12-14-22)19(2)32/h4-16,20H,17H2,1-3H3,(H,28,33)/t20-/m0/s1. The van der Waals surface area contributed by atoms with Gasteiger partial charge in [-0.1, -0.05) is 47.7 Å². The predicted molar refractivity (Wildman–Crippen MR) is 137 cm³/mol. The molecule has 4 rings (SSSR count). The van der Waals surface area contributed by atoms with Crippen molar-refractivity contribution < 1.29 is 14.3 Å². The van der Waals surface area contributed by atoms with Crippen molar-refractivity contribution in [2.75, 3.05) is 5.32 Å². The Hall–Kier alpha value is -3.91. The number of thioether (sulfide) groups is 1. The number of benzene rings is 3. The molecular formula is C27H26N4O3S. The van der Waals surface area contributed by atoms with E-state index < -0.39 is 5.25 Å². The fourth-order valence-electron chi connectivity index (χ4n) is 3.33. The zero-order valence-corrected chi connectivity index (χ0v) is 20.6. The number of Topliss-reactive ketones (excluding diaryl/α,β-unsaturated/α-hetero) is 1. The molecule has 0 saturated heterocycles. The smallest absolute Gasteiger partial charge is 0.237 e. The number of nitrogens with one attached hydrogen (secondary N) is 1. The van der Waals surface area contributed by atoms with Crippen molar-refractivity contribution in [2.24, 2.45) is 0 Å². The molecule has 4 aromatic rings. The van der Waals surface area contributed by atoms with Crippen LogP contribution >= 0.6 is 11.8 Å². The molecule has 1 N–H and O–H groups in total. The van der Waals surface area contributed by atoms with E-state index in [4.69, 9.17) is 4.74 Å². The first-order chi connectivity index (χ1) is 16.9. The average molecular weight is 487 g/mol. The highest BCUT2D eigenvalue weighted by atomic mass is 32.2. The normalized spacial score (nSPS) is 11.6. The third kappa shape index (κ3) is 6.16. The van der Waals surface area contributed by atoms with Crippen molar-refractivity contribution in [1.82, 2.24) is 14.8 Å². The van der Waals surface area contributed by atoms with Gasteiger partial charge in [0.25, 0.3) is 0 Å². The molecule has 1 amide bonds. The van der Waals surface area contributed by atoms with Gasteiger partial charge in [0.2, 0.25) is 5.91 Å². The summed E-state index contributed by atoms with van der Waals surface area (Å²) in [5.41, 5.74) is 3.27. The molecule has 1 atom stereocenters. The van der Waals surface area contributed by atoms with Crippen molar-refractivity contribution in [3.05, 3.63) is 95.8 Å². The van der Waals surface area contributed by atoms with Gasteiger partial charge in [-0.25, -0.2) is 0 Å². The molecule has 0 fully saturated rings. The van der Waals surface area contributed by atoms with Crippen LogP contribution in [-0.4, -0.2) is 31.7 Å². The Labute approximate surface area is 208 Å². The summed E-state index contributed by atoms with van der Waals surface area (Å²) in [6, 6.07) is 24.4. The molecule has 0 saturated carbocycles. The number of carbonyl (C=O) groups is 2. The molecule has 0 bridgehead atoms. The first-order valence-corrected chi connectivity index (χ1v) is 12.1. The van der Waals surface area contributed by atoms with E-state index in [0.717, 1.165) is 17.0 Å². The number of ether oxygens (including phenoxy) is 1. The van der Waals surface area contributed by atoms with Crippen LogP contribution in [0.25, 0.3) is 5.69 Å². The van der Waals surface area contributed by atoms with Gasteiger partial charge in [0.1, 0.15) is 12.4 Å². The Morgan fingerprint density at radius 1 is 0.971 bits per heavy atom. The molecule has 178 valence electrons. The lowest BCUT2D eigenvalue weighted by Gasteiger charge is -2.14. The van der Waals surface area contributed by atoms with Gasteiger partial charge in [-0.15, -0.1) is 10.2 Å².